The number of Topliss-reactive ketones (excluding diaryl/α,β-unsaturated/α-hetero) is 1. The fourth-order valence-corrected chi connectivity index (χ4v) is 3.84. The van der Waals surface area contributed by atoms with Crippen LogP contribution in [0.4, 0.5) is 5.13 Å². The Morgan fingerprint density at radius 2 is 2.33 bits per heavy atom. The van der Waals surface area contributed by atoms with Crippen molar-refractivity contribution in [3.05, 3.63) is 33.0 Å². The summed E-state index contributed by atoms with van der Waals surface area (Å²) in [5, 5.41) is 5.19. The van der Waals surface area contributed by atoms with Gasteiger partial charge in [0.05, 0.1) is 10.6 Å². The third-order valence-electron chi connectivity index (χ3n) is 3.08. The van der Waals surface area contributed by atoms with Crippen molar-refractivity contribution in [1.82, 2.24) is 4.98 Å². The molecule has 0 unspecified atom stereocenters. The van der Waals surface area contributed by atoms with Gasteiger partial charge in [0.2, 0.25) is 0 Å². The van der Waals surface area contributed by atoms with Crippen LogP contribution in [-0.4, -0.2) is 17.8 Å². The van der Waals surface area contributed by atoms with Gasteiger partial charge in [-0.1, -0.05) is 11.3 Å². The number of rotatable bonds is 3. The summed E-state index contributed by atoms with van der Waals surface area (Å²) in [5.74, 6) is 0.268. The predicted octanol–water partition coefficient (Wildman–Crippen LogP) is 3.36. The van der Waals surface area contributed by atoms with Crippen molar-refractivity contribution in [3.8, 4) is 0 Å². The average molecular weight is 278 g/mol. The Hall–Kier alpha value is -1.20. The van der Waals surface area contributed by atoms with Crippen LogP contribution in [0.3, 0.4) is 0 Å². The lowest BCUT2D eigenvalue weighted by molar-refractivity contribution is 0.0976. The molecule has 3 nitrogen and oxygen atoms in total. The van der Waals surface area contributed by atoms with Crippen LogP contribution in [0, 0.1) is 0 Å². The molecule has 0 spiro atoms. The molecule has 3 rings (SSSR count). The SMILES string of the molecule is CN(Cc1ccsc1)c1nc2c(s1)C(=O)CCC2. The fourth-order valence-electron chi connectivity index (χ4n) is 2.14. The van der Waals surface area contributed by atoms with Crippen LogP contribution in [0.1, 0.15) is 33.8 Å². The van der Waals surface area contributed by atoms with E-state index in [9.17, 15) is 4.79 Å². The molecule has 1 aliphatic rings. The van der Waals surface area contributed by atoms with Crippen molar-refractivity contribution in [2.45, 2.75) is 25.8 Å². The van der Waals surface area contributed by atoms with E-state index in [4.69, 9.17) is 0 Å². The van der Waals surface area contributed by atoms with Crippen LogP contribution in [-0.2, 0) is 13.0 Å². The van der Waals surface area contributed by atoms with Gasteiger partial charge >= 0.3 is 0 Å². The number of aryl methyl sites for hydroxylation is 1. The van der Waals surface area contributed by atoms with Gasteiger partial charge in [-0.3, -0.25) is 4.79 Å². The zero-order valence-corrected chi connectivity index (χ0v) is 11.8. The van der Waals surface area contributed by atoms with Crippen molar-refractivity contribution >= 4 is 33.6 Å². The molecule has 0 aromatic carbocycles. The first-order chi connectivity index (χ1) is 8.74. The maximum Gasteiger partial charge on any atom is 0.186 e. The molecule has 1 aliphatic carbocycles. The molecule has 0 bridgehead atoms. The minimum absolute atomic E-state index is 0.268. The summed E-state index contributed by atoms with van der Waals surface area (Å²) in [6.07, 6.45) is 2.58. The number of nitrogens with zero attached hydrogens (tertiary/aromatic N) is 2. The second-order valence-corrected chi connectivity index (χ2v) is 6.29. The zero-order valence-electron chi connectivity index (χ0n) is 10.2. The van der Waals surface area contributed by atoms with Crippen LogP contribution >= 0.6 is 22.7 Å². The summed E-state index contributed by atoms with van der Waals surface area (Å²) < 4.78 is 0. The lowest BCUT2D eigenvalue weighted by atomic mass is 10.0. The smallest absolute Gasteiger partial charge is 0.186 e. The van der Waals surface area contributed by atoms with E-state index in [1.165, 1.54) is 5.56 Å². The van der Waals surface area contributed by atoms with E-state index < -0.39 is 0 Å². The van der Waals surface area contributed by atoms with Crippen LogP contribution < -0.4 is 4.90 Å². The van der Waals surface area contributed by atoms with E-state index >= 15 is 0 Å². The molecule has 0 atom stereocenters. The maximum atomic E-state index is 11.8. The summed E-state index contributed by atoms with van der Waals surface area (Å²) in [4.78, 5) is 19.4. The second-order valence-electron chi connectivity index (χ2n) is 4.54. The monoisotopic (exact) mass is 278 g/mol. The third-order valence-corrected chi connectivity index (χ3v) is 5.07. The average Bonchev–Trinajstić information content (AvgIpc) is 2.97. The van der Waals surface area contributed by atoms with Crippen LogP contribution in [0.5, 0.6) is 0 Å². The van der Waals surface area contributed by atoms with Gasteiger partial charge in [0.1, 0.15) is 0 Å². The first-order valence-corrected chi connectivity index (χ1v) is 7.75. The quantitative estimate of drug-likeness (QED) is 0.863. The molecule has 2 heterocycles. The summed E-state index contributed by atoms with van der Waals surface area (Å²) >= 11 is 3.25. The van der Waals surface area contributed by atoms with E-state index in [2.05, 4.69) is 26.7 Å². The van der Waals surface area contributed by atoms with E-state index in [0.29, 0.717) is 6.42 Å². The van der Waals surface area contributed by atoms with Gasteiger partial charge in [0, 0.05) is 20.0 Å². The van der Waals surface area contributed by atoms with E-state index in [0.717, 1.165) is 35.1 Å². The minimum Gasteiger partial charge on any atom is -0.347 e. The van der Waals surface area contributed by atoms with Crippen molar-refractivity contribution in [2.75, 3.05) is 11.9 Å². The Balaban J connectivity index is 1.82. The number of thiazole rings is 1. The van der Waals surface area contributed by atoms with Crippen molar-refractivity contribution < 1.29 is 4.79 Å². The number of carbonyl (C=O) groups is 1. The highest BCUT2D eigenvalue weighted by Gasteiger charge is 2.23. The van der Waals surface area contributed by atoms with Crippen molar-refractivity contribution in [1.29, 1.82) is 0 Å². The molecule has 94 valence electrons. The highest BCUT2D eigenvalue weighted by molar-refractivity contribution is 7.17. The molecule has 0 amide bonds. The zero-order chi connectivity index (χ0) is 12.5. The number of hydrogen-bond acceptors (Lipinski definition) is 5. The standard InChI is InChI=1S/C13H14N2OS2/c1-15(7-9-5-6-17-8-9)13-14-10-3-2-4-11(16)12(10)18-13/h5-6,8H,2-4,7H2,1H3. The van der Waals surface area contributed by atoms with Gasteiger partial charge in [0.15, 0.2) is 10.9 Å². The van der Waals surface area contributed by atoms with Gasteiger partial charge in [-0.05, 0) is 35.2 Å². The lowest BCUT2D eigenvalue weighted by Crippen LogP contribution is -2.15. The summed E-state index contributed by atoms with van der Waals surface area (Å²) in [6.45, 7) is 0.851. The molecular weight excluding hydrogens is 264 g/mol. The molecule has 0 aliphatic heterocycles. The molecule has 0 fully saturated rings. The number of thiophene rings is 1. The number of fused-ring (bicyclic) bond motifs is 1. The summed E-state index contributed by atoms with van der Waals surface area (Å²) in [6, 6.07) is 2.12. The molecule has 2 aromatic heterocycles. The molecule has 5 heteroatoms. The third kappa shape index (κ3) is 2.20. The van der Waals surface area contributed by atoms with Gasteiger partial charge < -0.3 is 4.90 Å². The number of carbonyl (C=O) groups excluding carboxylic acids is 1. The highest BCUT2D eigenvalue weighted by atomic mass is 32.1. The number of ketones is 1. The lowest BCUT2D eigenvalue weighted by Gasteiger charge is -2.14. The summed E-state index contributed by atoms with van der Waals surface area (Å²) in [7, 11) is 2.03. The normalized spacial score (nSPS) is 14.6. The molecular formula is C13H14N2OS2. The van der Waals surface area contributed by atoms with Gasteiger partial charge in [0.25, 0.3) is 0 Å². The number of hydrogen-bond donors (Lipinski definition) is 0. The van der Waals surface area contributed by atoms with Crippen LogP contribution in [0.2, 0.25) is 0 Å². The predicted molar refractivity (Wildman–Crippen MR) is 75.8 cm³/mol. The van der Waals surface area contributed by atoms with Gasteiger partial charge in [-0.25, -0.2) is 4.98 Å². The first-order valence-electron chi connectivity index (χ1n) is 5.99. The number of aromatic nitrogens is 1. The van der Waals surface area contributed by atoms with Crippen molar-refractivity contribution in [2.24, 2.45) is 0 Å². The molecule has 0 saturated heterocycles. The molecule has 18 heavy (non-hydrogen) atoms. The first kappa shape index (κ1) is 11.9. The van der Waals surface area contributed by atoms with Crippen LogP contribution in [0.25, 0.3) is 0 Å². The fraction of sp³-hybridized carbons (Fsp3) is 0.385. The largest absolute Gasteiger partial charge is 0.347 e. The topological polar surface area (TPSA) is 33.2 Å². The van der Waals surface area contributed by atoms with E-state index in [-0.39, 0.29) is 5.78 Å². The second kappa shape index (κ2) is 4.82. The Bertz CT molecular complexity index is 560. The van der Waals surface area contributed by atoms with E-state index in [1.807, 2.05) is 7.05 Å². The highest BCUT2D eigenvalue weighted by Crippen LogP contribution is 2.31. The van der Waals surface area contributed by atoms with Crippen LogP contribution in [0.15, 0.2) is 16.8 Å². The van der Waals surface area contributed by atoms with Crippen molar-refractivity contribution in [3.63, 3.8) is 0 Å². The minimum atomic E-state index is 0.268. The van der Waals surface area contributed by atoms with Gasteiger partial charge in [-0.2, -0.15) is 11.3 Å². The van der Waals surface area contributed by atoms with Gasteiger partial charge in [-0.15, -0.1) is 0 Å². The molecule has 0 saturated carbocycles. The Labute approximate surface area is 114 Å². The maximum absolute atomic E-state index is 11.8. The Kier molecular flexibility index (Phi) is 3.18. The summed E-state index contributed by atoms with van der Waals surface area (Å²) in [5.41, 5.74) is 2.30. The van der Waals surface area contributed by atoms with E-state index in [1.54, 1.807) is 22.7 Å². The number of anilines is 1. The molecule has 2 aromatic rings. The molecule has 0 radical (unpaired) electrons. The Morgan fingerprint density at radius 1 is 1.44 bits per heavy atom. The Morgan fingerprint density at radius 3 is 3.06 bits per heavy atom. The molecule has 0 N–H and O–H groups in total.